The number of benzene rings is 2. The van der Waals surface area contributed by atoms with Crippen molar-refractivity contribution in [1.82, 2.24) is 0 Å². The molecule has 166 valence electrons. The molecule has 1 aliphatic rings. The number of methoxy groups -OCH3 is 1. The van der Waals surface area contributed by atoms with Crippen LogP contribution in [0, 0.1) is 0 Å². The van der Waals surface area contributed by atoms with Crippen molar-refractivity contribution in [2.45, 2.75) is 31.7 Å². The zero-order chi connectivity index (χ0) is 22.8. The zero-order valence-electron chi connectivity index (χ0n) is 16.6. The van der Waals surface area contributed by atoms with E-state index in [0.29, 0.717) is 17.0 Å². The van der Waals surface area contributed by atoms with Gasteiger partial charge in [-0.2, -0.15) is 13.2 Å². The Balaban J connectivity index is 2.14. The van der Waals surface area contributed by atoms with E-state index in [9.17, 15) is 18.0 Å². The number of halogens is 4. The van der Waals surface area contributed by atoms with Crippen LogP contribution in [0.1, 0.15) is 36.1 Å². The van der Waals surface area contributed by atoms with E-state index in [2.05, 4.69) is 5.32 Å². The molecule has 0 spiro atoms. The Morgan fingerprint density at radius 3 is 2.65 bits per heavy atom. The Morgan fingerprint density at radius 2 is 2.00 bits per heavy atom. The number of nitrogens with one attached hydrogen (secondary N) is 1. The van der Waals surface area contributed by atoms with Gasteiger partial charge in [0.05, 0.1) is 30.7 Å². The van der Waals surface area contributed by atoms with Crippen LogP contribution < -0.4 is 10.1 Å². The van der Waals surface area contributed by atoms with Crippen molar-refractivity contribution in [3.8, 4) is 5.75 Å². The third kappa shape index (κ3) is 5.11. The number of esters is 1. The number of alkyl halides is 3. The van der Waals surface area contributed by atoms with Crippen molar-refractivity contribution >= 4 is 40.5 Å². The first kappa shape index (κ1) is 23.3. The lowest BCUT2D eigenvalue weighted by Crippen LogP contribution is -2.31. The molecule has 10 heteroatoms. The van der Waals surface area contributed by atoms with Gasteiger partial charge in [0, 0.05) is 16.8 Å². The van der Waals surface area contributed by atoms with Gasteiger partial charge in [0.25, 0.3) is 0 Å². The third-order valence-corrected chi connectivity index (χ3v) is 5.43. The average molecular weight is 474 g/mol. The van der Waals surface area contributed by atoms with E-state index in [1.807, 2.05) is 0 Å². The topological polar surface area (TPSA) is 56.8 Å². The minimum absolute atomic E-state index is 0.149. The average Bonchev–Trinajstić information content (AvgIpc) is 2.84. The van der Waals surface area contributed by atoms with E-state index >= 15 is 0 Å². The van der Waals surface area contributed by atoms with Crippen molar-refractivity contribution in [2.24, 2.45) is 0 Å². The Bertz CT molecular complexity index is 999. The minimum Gasteiger partial charge on any atom is -0.495 e. The van der Waals surface area contributed by atoms with E-state index in [4.69, 9.17) is 38.0 Å². The van der Waals surface area contributed by atoms with Gasteiger partial charge in [-0.1, -0.05) is 36.0 Å². The summed E-state index contributed by atoms with van der Waals surface area (Å²) in [4.78, 5) is 12.2. The van der Waals surface area contributed by atoms with Crippen molar-refractivity contribution in [2.75, 3.05) is 19.0 Å². The smallest absolute Gasteiger partial charge is 0.416 e. The van der Waals surface area contributed by atoms with E-state index < -0.39 is 29.9 Å². The lowest BCUT2D eigenvalue weighted by molar-refractivity contribution is -0.145. The molecule has 1 N–H and O–H groups in total. The highest BCUT2D eigenvalue weighted by Crippen LogP contribution is 2.43. The highest BCUT2D eigenvalue weighted by atomic mass is 35.5. The number of fused-ring (bicyclic) bond motifs is 1. The Kier molecular flexibility index (Phi) is 7.08. The van der Waals surface area contributed by atoms with Crippen LogP contribution in [-0.4, -0.2) is 30.8 Å². The van der Waals surface area contributed by atoms with E-state index in [0.717, 1.165) is 12.1 Å². The van der Waals surface area contributed by atoms with Crippen LogP contribution in [-0.2, 0) is 20.4 Å². The predicted molar refractivity (Wildman–Crippen MR) is 114 cm³/mol. The molecule has 0 saturated carbocycles. The van der Waals surface area contributed by atoms with Crippen LogP contribution in [0.25, 0.3) is 0 Å². The molecule has 5 nitrogen and oxygen atoms in total. The maximum absolute atomic E-state index is 13.4. The highest BCUT2D eigenvalue weighted by molar-refractivity contribution is 7.80. The summed E-state index contributed by atoms with van der Waals surface area (Å²) in [5.41, 5.74) is 0.0318. The Hall–Kier alpha value is -2.36. The summed E-state index contributed by atoms with van der Waals surface area (Å²) in [6.07, 6.45) is -6.76. The lowest BCUT2D eigenvalue weighted by atomic mass is 9.97. The number of carbonyl (C=O) groups is 1. The van der Waals surface area contributed by atoms with Crippen molar-refractivity contribution in [1.29, 1.82) is 0 Å². The monoisotopic (exact) mass is 473 g/mol. The summed E-state index contributed by atoms with van der Waals surface area (Å²) < 4.78 is 56.5. The van der Waals surface area contributed by atoms with Gasteiger partial charge >= 0.3 is 12.1 Å². The fourth-order valence-electron chi connectivity index (χ4n) is 3.22. The van der Waals surface area contributed by atoms with Gasteiger partial charge < -0.3 is 19.5 Å². The summed E-state index contributed by atoms with van der Waals surface area (Å²) in [6.45, 7) is 1.84. The SMILES string of the molecule is CCOC(=O)CC1OC(c2cccc(OC)c2Cl)c2cc(C(F)(F)F)ccc2NC1=S. The second-order valence-electron chi connectivity index (χ2n) is 6.67. The van der Waals surface area contributed by atoms with Crippen LogP contribution >= 0.6 is 23.8 Å². The first-order chi connectivity index (χ1) is 14.7. The van der Waals surface area contributed by atoms with Crippen molar-refractivity contribution in [3.63, 3.8) is 0 Å². The molecule has 1 aliphatic heterocycles. The fourth-order valence-corrected chi connectivity index (χ4v) is 3.77. The molecule has 31 heavy (non-hydrogen) atoms. The fraction of sp³-hybridized carbons (Fsp3) is 0.333. The van der Waals surface area contributed by atoms with Gasteiger partial charge in [-0.25, -0.2) is 0 Å². The molecule has 2 unspecified atom stereocenters. The maximum atomic E-state index is 13.4. The molecule has 2 aromatic rings. The molecular formula is C21H19ClF3NO4S. The highest BCUT2D eigenvalue weighted by Gasteiger charge is 2.36. The molecule has 2 atom stereocenters. The minimum atomic E-state index is -4.56. The first-order valence-corrected chi connectivity index (χ1v) is 10.1. The van der Waals surface area contributed by atoms with Crippen molar-refractivity contribution < 1.29 is 32.2 Å². The van der Waals surface area contributed by atoms with Gasteiger partial charge in [-0.05, 0) is 31.2 Å². The van der Waals surface area contributed by atoms with Gasteiger partial charge in [0.2, 0.25) is 0 Å². The van der Waals surface area contributed by atoms with Gasteiger partial charge in [0.15, 0.2) is 0 Å². The number of hydrogen-bond donors (Lipinski definition) is 1. The van der Waals surface area contributed by atoms with E-state index in [1.54, 1.807) is 25.1 Å². The van der Waals surface area contributed by atoms with Crippen LogP contribution in [0.3, 0.4) is 0 Å². The molecule has 0 bridgehead atoms. The standard InChI is InChI=1S/C21H19ClF3NO4S/c1-3-29-17(27)10-16-20(31)26-14-8-7-11(21(23,24)25)9-13(14)19(30-16)12-5-4-6-15(28-2)18(12)22/h4-9,16,19H,3,10H2,1-2H3,(H,26,31). The molecule has 0 saturated heterocycles. The first-order valence-electron chi connectivity index (χ1n) is 9.31. The lowest BCUT2D eigenvalue weighted by Gasteiger charge is -2.24. The van der Waals surface area contributed by atoms with Gasteiger partial charge in [-0.15, -0.1) is 0 Å². The molecule has 0 radical (unpaired) electrons. The Labute approximate surface area is 187 Å². The summed E-state index contributed by atoms with van der Waals surface area (Å²) >= 11 is 11.8. The quantitative estimate of drug-likeness (QED) is 0.454. The number of ether oxygens (including phenoxy) is 3. The predicted octanol–water partition coefficient (Wildman–Crippen LogP) is 5.55. The molecule has 0 amide bonds. The summed E-state index contributed by atoms with van der Waals surface area (Å²) in [7, 11) is 1.43. The molecule has 2 aromatic carbocycles. The maximum Gasteiger partial charge on any atom is 0.416 e. The third-order valence-electron chi connectivity index (χ3n) is 4.66. The molecule has 3 rings (SSSR count). The number of rotatable bonds is 5. The largest absolute Gasteiger partial charge is 0.495 e. The second-order valence-corrected chi connectivity index (χ2v) is 7.48. The van der Waals surface area contributed by atoms with Crippen LogP contribution in [0.5, 0.6) is 5.75 Å². The van der Waals surface area contributed by atoms with Crippen LogP contribution in [0.15, 0.2) is 36.4 Å². The van der Waals surface area contributed by atoms with E-state index in [1.165, 1.54) is 13.2 Å². The number of hydrogen-bond acceptors (Lipinski definition) is 5. The number of carbonyl (C=O) groups excluding carboxylic acids is 1. The second kappa shape index (κ2) is 9.42. The number of anilines is 1. The zero-order valence-corrected chi connectivity index (χ0v) is 18.2. The number of thiocarbonyl (C=S) groups is 1. The molecule has 0 aliphatic carbocycles. The van der Waals surface area contributed by atoms with Crippen LogP contribution in [0.4, 0.5) is 18.9 Å². The van der Waals surface area contributed by atoms with E-state index in [-0.39, 0.29) is 28.6 Å². The molecule has 0 fully saturated rings. The van der Waals surface area contributed by atoms with Crippen molar-refractivity contribution in [3.05, 3.63) is 58.1 Å². The Morgan fingerprint density at radius 1 is 1.26 bits per heavy atom. The summed E-state index contributed by atoms with van der Waals surface area (Å²) in [5.74, 6) is -0.216. The normalized spacial score (nSPS) is 18.6. The van der Waals surface area contributed by atoms with Gasteiger partial charge in [0.1, 0.15) is 22.9 Å². The summed E-state index contributed by atoms with van der Waals surface area (Å²) in [6, 6.07) is 8.10. The molecular weight excluding hydrogens is 455 g/mol. The van der Waals surface area contributed by atoms with Crippen LogP contribution in [0.2, 0.25) is 5.02 Å². The summed E-state index contributed by atoms with van der Waals surface area (Å²) in [5, 5.41) is 3.08. The van der Waals surface area contributed by atoms with Gasteiger partial charge in [-0.3, -0.25) is 4.79 Å². The molecule has 0 aromatic heterocycles. The molecule has 1 heterocycles.